The molecule has 1 aromatic rings. The van der Waals surface area contributed by atoms with Crippen LogP contribution in [-0.4, -0.2) is 30.3 Å². The van der Waals surface area contributed by atoms with Crippen LogP contribution >= 0.6 is 0 Å². The number of carbonyl (C=O) groups excluding carboxylic acids is 1. The molecule has 1 amide bonds. The molecule has 3 rings (SSSR count). The summed E-state index contributed by atoms with van der Waals surface area (Å²) in [6.45, 7) is 0.743. The van der Waals surface area contributed by atoms with Crippen molar-refractivity contribution in [2.45, 2.75) is 37.7 Å². The molecule has 0 bridgehead atoms. The summed E-state index contributed by atoms with van der Waals surface area (Å²) in [5.74, 6) is 0.848. The molecule has 0 saturated heterocycles. The normalized spacial score (nSPS) is 23.1. The van der Waals surface area contributed by atoms with Crippen molar-refractivity contribution in [3.63, 3.8) is 0 Å². The first-order valence-corrected chi connectivity index (χ1v) is 7.43. The lowest BCUT2D eigenvalue weighted by Crippen LogP contribution is -2.38. The molecule has 2 atom stereocenters. The maximum absolute atomic E-state index is 12.2. The molecule has 4 heteroatoms. The summed E-state index contributed by atoms with van der Waals surface area (Å²) in [7, 11) is 0. The Balaban J connectivity index is 1.55. The number of hydrogen-bond acceptors (Lipinski definition) is 3. The lowest BCUT2D eigenvalue weighted by Gasteiger charge is -2.19. The van der Waals surface area contributed by atoms with Crippen LogP contribution in [0.15, 0.2) is 24.3 Å². The molecule has 1 fully saturated rings. The second kappa shape index (κ2) is 5.83. The van der Waals surface area contributed by atoms with Crippen molar-refractivity contribution in [3.8, 4) is 5.75 Å². The third kappa shape index (κ3) is 2.66. The molecule has 1 saturated carbocycles. The van der Waals surface area contributed by atoms with E-state index in [0.717, 1.165) is 24.2 Å². The van der Waals surface area contributed by atoms with Crippen LogP contribution in [0.4, 0.5) is 0 Å². The summed E-state index contributed by atoms with van der Waals surface area (Å²) < 4.78 is 5.52. The second-order valence-corrected chi connectivity index (χ2v) is 5.76. The van der Waals surface area contributed by atoms with Gasteiger partial charge in [-0.15, -0.1) is 0 Å². The Morgan fingerprint density at radius 1 is 1.35 bits per heavy atom. The molecule has 1 heterocycles. The third-order valence-corrected chi connectivity index (χ3v) is 4.45. The molecule has 1 aromatic carbocycles. The average molecular weight is 275 g/mol. The summed E-state index contributed by atoms with van der Waals surface area (Å²) in [6, 6.07) is 7.64. The van der Waals surface area contributed by atoms with E-state index in [4.69, 9.17) is 4.74 Å². The first kappa shape index (κ1) is 13.4. The Morgan fingerprint density at radius 2 is 2.10 bits per heavy atom. The highest BCUT2D eigenvalue weighted by atomic mass is 16.5. The molecule has 2 aliphatic rings. The molecule has 2 N–H and O–H groups in total. The van der Waals surface area contributed by atoms with Gasteiger partial charge in [-0.25, -0.2) is 0 Å². The highest BCUT2D eigenvalue weighted by Gasteiger charge is 2.31. The van der Waals surface area contributed by atoms with Crippen LogP contribution in [0.2, 0.25) is 0 Å². The molecule has 1 aliphatic heterocycles. The molecule has 1 aliphatic carbocycles. The van der Waals surface area contributed by atoms with Crippen LogP contribution in [-0.2, 0) is 4.79 Å². The number of nitrogens with one attached hydrogen (secondary N) is 1. The van der Waals surface area contributed by atoms with E-state index in [-0.39, 0.29) is 11.8 Å². The van der Waals surface area contributed by atoms with Gasteiger partial charge in [-0.05, 0) is 24.8 Å². The minimum Gasteiger partial charge on any atom is -0.492 e. The van der Waals surface area contributed by atoms with Crippen LogP contribution in [0.1, 0.15) is 37.2 Å². The number of ether oxygens (including phenoxy) is 1. The van der Waals surface area contributed by atoms with E-state index in [1.165, 1.54) is 12.8 Å². The fraction of sp³-hybridized carbons (Fsp3) is 0.562. The molecular formula is C16H21NO3. The Kier molecular flexibility index (Phi) is 3.92. The molecule has 0 spiro atoms. The lowest BCUT2D eigenvalue weighted by molar-refractivity contribution is -0.123. The number of aliphatic hydroxyl groups excluding tert-OH is 1. The van der Waals surface area contributed by atoms with Gasteiger partial charge >= 0.3 is 0 Å². The van der Waals surface area contributed by atoms with Crippen molar-refractivity contribution in [1.29, 1.82) is 0 Å². The van der Waals surface area contributed by atoms with E-state index in [1.807, 2.05) is 24.3 Å². The molecule has 0 unspecified atom stereocenters. The number of hydrogen-bond donors (Lipinski definition) is 2. The molecule has 4 nitrogen and oxygen atoms in total. The molecule has 0 radical (unpaired) electrons. The largest absolute Gasteiger partial charge is 0.492 e. The van der Waals surface area contributed by atoms with Crippen molar-refractivity contribution in [3.05, 3.63) is 29.8 Å². The van der Waals surface area contributed by atoms with Gasteiger partial charge in [0.25, 0.3) is 0 Å². The van der Waals surface area contributed by atoms with Crippen molar-refractivity contribution in [2.24, 2.45) is 5.92 Å². The summed E-state index contributed by atoms with van der Waals surface area (Å²) in [5, 5.41) is 13.0. The number of fused-ring (bicyclic) bond motifs is 1. The maximum Gasteiger partial charge on any atom is 0.231 e. The highest BCUT2D eigenvalue weighted by Crippen LogP contribution is 2.33. The van der Waals surface area contributed by atoms with E-state index in [2.05, 4.69) is 5.32 Å². The highest BCUT2D eigenvalue weighted by molar-refractivity contribution is 5.85. The molecule has 108 valence electrons. The van der Waals surface area contributed by atoms with Crippen LogP contribution in [0.25, 0.3) is 0 Å². The van der Waals surface area contributed by atoms with E-state index in [1.54, 1.807) is 0 Å². The van der Waals surface area contributed by atoms with Gasteiger partial charge in [0.1, 0.15) is 18.3 Å². The smallest absolute Gasteiger partial charge is 0.231 e. The SMILES string of the molecule is O=C(NC[C@H](O)C1CCCC1)[C@@H]1COc2ccccc21. The van der Waals surface area contributed by atoms with Gasteiger partial charge in [0.2, 0.25) is 5.91 Å². The zero-order valence-corrected chi connectivity index (χ0v) is 11.5. The zero-order chi connectivity index (χ0) is 13.9. The Morgan fingerprint density at radius 3 is 2.90 bits per heavy atom. The summed E-state index contributed by atoms with van der Waals surface area (Å²) in [5.41, 5.74) is 0.945. The topological polar surface area (TPSA) is 58.6 Å². The van der Waals surface area contributed by atoms with Crippen molar-refractivity contribution >= 4 is 5.91 Å². The van der Waals surface area contributed by atoms with Gasteiger partial charge in [0.15, 0.2) is 0 Å². The second-order valence-electron chi connectivity index (χ2n) is 5.76. The van der Waals surface area contributed by atoms with Gasteiger partial charge in [-0.3, -0.25) is 4.79 Å². The van der Waals surface area contributed by atoms with Gasteiger partial charge in [-0.2, -0.15) is 0 Å². The van der Waals surface area contributed by atoms with Crippen molar-refractivity contribution in [1.82, 2.24) is 5.32 Å². The maximum atomic E-state index is 12.2. The standard InChI is InChI=1S/C16H21NO3/c18-14(11-5-1-2-6-11)9-17-16(19)13-10-20-15-8-4-3-7-12(13)15/h3-4,7-8,11,13-14,18H,1-2,5-6,9-10H2,(H,17,19)/t13-,14+/m1/s1. The van der Waals surface area contributed by atoms with Crippen LogP contribution < -0.4 is 10.1 Å². The monoisotopic (exact) mass is 275 g/mol. The minimum atomic E-state index is -0.418. The number of carbonyl (C=O) groups is 1. The quantitative estimate of drug-likeness (QED) is 0.881. The Bertz CT molecular complexity index is 482. The van der Waals surface area contributed by atoms with Crippen LogP contribution in [0.5, 0.6) is 5.75 Å². The third-order valence-electron chi connectivity index (χ3n) is 4.45. The van der Waals surface area contributed by atoms with Crippen molar-refractivity contribution < 1.29 is 14.6 Å². The van der Waals surface area contributed by atoms with Crippen LogP contribution in [0.3, 0.4) is 0 Å². The zero-order valence-electron chi connectivity index (χ0n) is 11.5. The van der Waals surface area contributed by atoms with E-state index in [9.17, 15) is 9.90 Å². The predicted molar refractivity (Wildman–Crippen MR) is 75.7 cm³/mol. The van der Waals surface area contributed by atoms with Gasteiger partial charge in [0.05, 0.1) is 6.10 Å². The number of para-hydroxylation sites is 1. The van der Waals surface area contributed by atoms with Crippen molar-refractivity contribution in [2.75, 3.05) is 13.2 Å². The number of amides is 1. The molecule has 0 aromatic heterocycles. The van der Waals surface area contributed by atoms with E-state index < -0.39 is 6.10 Å². The predicted octanol–water partition coefficient (Wildman–Crippen LogP) is 1.83. The number of aliphatic hydroxyl groups is 1. The van der Waals surface area contributed by atoms with Crippen LogP contribution in [0, 0.1) is 5.92 Å². The first-order valence-electron chi connectivity index (χ1n) is 7.43. The minimum absolute atomic E-state index is 0.0491. The fourth-order valence-corrected chi connectivity index (χ4v) is 3.22. The summed E-state index contributed by atoms with van der Waals surface area (Å²) in [4.78, 5) is 12.2. The number of benzene rings is 1. The van der Waals surface area contributed by atoms with Gasteiger partial charge < -0.3 is 15.2 Å². The molecular weight excluding hydrogens is 254 g/mol. The fourth-order valence-electron chi connectivity index (χ4n) is 3.22. The van der Waals surface area contributed by atoms with Gasteiger partial charge in [0, 0.05) is 12.1 Å². The Labute approximate surface area is 119 Å². The van der Waals surface area contributed by atoms with E-state index >= 15 is 0 Å². The Hall–Kier alpha value is -1.55. The molecule has 20 heavy (non-hydrogen) atoms. The lowest BCUT2D eigenvalue weighted by atomic mass is 9.99. The van der Waals surface area contributed by atoms with E-state index in [0.29, 0.717) is 19.1 Å². The first-order chi connectivity index (χ1) is 9.75. The number of rotatable bonds is 4. The average Bonchev–Trinajstić information content (AvgIpc) is 3.13. The summed E-state index contributed by atoms with van der Waals surface area (Å²) in [6.07, 6.45) is 4.12. The van der Waals surface area contributed by atoms with Gasteiger partial charge in [-0.1, -0.05) is 31.0 Å². The summed E-state index contributed by atoms with van der Waals surface area (Å²) >= 11 is 0.